The van der Waals surface area contributed by atoms with E-state index in [1.54, 1.807) is 6.92 Å². The zero-order valence-corrected chi connectivity index (χ0v) is 11.3. The number of hydrogen-bond donors (Lipinski definition) is 2. The van der Waals surface area contributed by atoms with E-state index in [2.05, 4.69) is 5.32 Å². The highest BCUT2D eigenvalue weighted by atomic mass is 32.2. The molecule has 1 unspecified atom stereocenters. The van der Waals surface area contributed by atoms with Gasteiger partial charge in [-0.15, -0.1) is 0 Å². The minimum Gasteiger partial charge on any atom is -0.380 e. The van der Waals surface area contributed by atoms with Gasteiger partial charge in [-0.25, -0.2) is 17.9 Å². The van der Waals surface area contributed by atoms with Gasteiger partial charge in [-0.3, -0.25) is 4.79 Å². The maximum absolute atomic E-state index is 13.3. The standard InChI is InChI=1S/C11H15FN2O4S/c1-7(18-2)6-14-11(15)8-3-9(12)5-10(4-8)19(13,16)17/h3-5,7H,6H2,1-2H3,(H,14,15)(H2,13,16,17). The number of rotatable bonds is 5. The molecule has 1 aromatic rings. The molecule has 106 valence electrons. The second kappa shape index (κ2) is 6.09. The highest BCUT2D eigenvalue weighted by molar-refractivity contribution is 7.89. The molecule has 0 radical (unpaired) electrons. The number of carbonyl (C=O) groups is 1. The Hall–Kier alpha value is -1.51. The van der Waals surface area contributed by atoms with Crippen molar-refractivity contribution in [1.82, 2.24) is 5.32 Å². The molecule has 19 heavy (non-hydrogen) atoms. The predicted molar refractivity (Wildman–Crippen MR) is 66.6 cm³/mol. The summed E-state index contributed by atoms with van der Waals surface area (Å²) in [5.74, 6) is -1.45. The smallest absolute Gasteiger partial charge is 0.251 e. The van der Waals surface area contributed by atoms with E-state index in [0.717, 1.165) is 18.2 Å². The lowest BCUT2D eigenvalue weighted by Crippen LogP contribution is -2.31. The first kappa shape index (κ1) is 15.5. The average molecular weight is 290 g/mol. The third-order valence-corrected chi connectivity index (χ3v) is 3.31. The van der Waals surface area contributed by atoms with Gasteiger partial charge in [0.15, 0.2) is 0 Å². The van der Waals surface area contributed by atoms with Crippen molar-refractivity contribution in [2.24, 2.45) is 5.14 Å². The quantitative estimate of drug-likeness (QED) is 0.811. The largest absolute Gasteiger partial charge is 0.380 e. The number of methoxy groups -OCH3 is 1. The van der Waals surface area contributed by atoms with Crippen molar-refractivity contribution in [2.45, 2.75) is 17.9 Å². The van der Waals surface area contributed by atoms with Gasteiger partial charge in [-0.2, -0.15) is 0 Å². The zero-order chi connectivity index (χ0) is 14.6. The van der Waals surface area contributed by atoms with E-state index >= 15 is 0 Å². The molecular formula is C11H15FN2O4S. The van der Waals surface area contributed by atoms with Crippen LogP contribution in [0.25, 0.3) is 0 Å². The Kier molecular flexibility index (Phi) is 4.98. The molecule has 0 spiro atoms. The molecule has 0 aliphatic rings. The molecule has 0 aliphatic carbocycles. The minimum absolute atomic E-state index is 0.118. The molecule has 0 heterocycles. The summed E-state index contributed by atoms with van der Waals surface area (Å²) < 4.78 is 40.5. The number of benzene rings is 1. The lowest BCUT2D eigenvalue weighted by molar-refractivity contribution is 0.0870. The molecule has 8 heteroatoms. The molecule has 1 aromatic carbocycles. The van der Waals surface area contributed by atoms with Crippen molar-refractivity contribution in [3.63, 3.8) is 0 Å². The van der Waals surface area contributed by atoms with E-state index in [1.165, 1.54) is 7.11 Å². The highest BCUT2D eigenvalue weighted by Crippen LogP contribution is 2.13. The van der Waals surface area contributed by atoms with Crippen LogP contribution >= 0.6 is 0 Å². The number of nitrogens with one attached hydrogen (secondary N) is 1. The van der Waals surface area contributed by atoms with Crippen molar-refractivity contribution >= 4 is 15.9 Å². The van der Waals surface area contributed by atoms with E-state index in [9.17, 15) is 17.6 Å². The summed E-state index contributed by atoms with van der Waals surface area (Å²) in [5, 5.41) is 7.38. The first-order valence-corrected chi connectivity index (χ1v) is 6.93. The van der Waals surface area contributed by atoms with E-state index in [0.29, 0.717) is 0 Å². The van der Waals surface area contributed by atoms with Gasteiger partial charge in [0.05, 0.1) is 11.0 Å². The van der Waals surface area contributed by atoms with Crippen LogP contribution in [0.2, 0.25) is 0 Å². The SMILES string of the molecule is COC(C)CNC(=O)c1cc(F)cc(S(N)(=O)=O)c1. The number of nitrogens with two attached hydrogens (primary N) is 1. The van der Waals surface area contributed by atoms with Crippen molar-refractivity contribution in [3.8, 4) is 0 Å². The van der Waals surface area contributed by atoms with Crippen LogP contribution in [0.15, 0.2) is 23.1 Å². The van der Waals surface area contributed by atoms with Gasteiger partial charge in [-0.1, -0.05) is 0 Å². The maximum atomic E-state index is 13.3. The molecule has 3 N–H and O–H groups in total. The molecule has 0 aliphatic heterocycles. The summed E-state index contributed by atoms with van der Waals surface area (Å²) in [4.78, 5) is 11.3. The lowest BCUT2D eigenvalue weighted by Gasteiger charge is -2.11. The fourth-order valence-corrected chi connectivity index (χ4v) is 1.85. The second-order valence-electron chi connectivity index (χ2n) is 3.98. The van der Waals surface area contributed by atoms with Crippen LogP contribution in [0, 0.1) is 5.82 Å². The molecule has 1 amide bonds. The lowest BCUT2D eigenvalue weighted by atomic mass is 10.2. The van der Waals surface area contributed by atoms with Crippen molar-refractivity contribution < 1.29 is 22.3 Å². The topological polar surface area (TPSA) is 98.5 Å². The van der Waals surface area contributed by atoms with E-state index in [-0.39, 0.29) is 18.2 Å². The number of ether oxygens (including phenoxy) is 1. The number of carbonyl (C=O) groups excluding carboxylic acids is 1. The Bertz CT molecular complexity index is 574. The summed E-state index contributed by atoms with van der Waals surface area (Å²) in [7, 11) is -2.58. The number of halogens is 1. The second-order valence-corrected chi connectivity index (χ2v) is 5.54. The molecular weight excluding hydrogens is 275 g/mol. The van der Waals surface area contributed by atoms with Crippen LogP contribution in [-0.4, -0.2) is 34.1 Å². The first-order valence-electron chi connectivity index (χ1n) is 5.38. The summed E-state index contributed by atoms with van der Waals surface area (Å²) >= 11 is 0. The van der Waals surface area contributed by atoms with Gasteiger partial charge >= 0.3 is 0 Å². The Morgan fingerprint density at radius 3 is 2.63 bits per heavy atom. The predicted octanol–water partition coefficient (Wildman–Crippen LogP) is 0.238. The summed E-state index contributed by atoms with van der Waals surface area (Å²) in [6.07, 6.45) is -0.213. The fourth-order valence-electron chi connectivity index (χ4n) is 1.28. The molecule has 0 bridgehead atoms. The van der Waals surface area contributed by atoms with Crippen LogP contribution in [0.5, 0.6) is 0 Å². The monoisotopic (exact) mass is 290 g/mol. The van der Waals surface area contributed by atoms with Crippen LogP contribution in [0.1, 0.15) is 17.3 Å². The Morgan fingerprint density at radius 2 is 2.11 bits per heavy atom. The fraction of sp³-hybridized carbons (Fsp3) is 0.364. The van der Waals surface area contributed by atoms with Gasteiger partial charge in [-0.05, 0) is 25.1 Å². The number of primary sulfonamides is 1. The van der Waals surface area contributed by atoms with Crippen LogP contribution < -0.4 is 10.5 Å². The molecule has 0 saturated carbocycles. The third kappa shape index (κ3) is 4.58. The highest BCUT2D eigenvalue weighted by Gasteiger charge is 2.15. The Morgan fingerprint density at radius 1 is 1.47 bits per heavy atom. The van der Waals surface area contributed by atoms with E-state index < -0.39 is 26.6 Å². The zero-order valence-electron chi connectivity index (χ0n) is 10.5. The van der Waals surface area contributed by atoms with Crippen molar-refractivity contribution in [3.05, 3.63) is 29.6 Å². The Balaban J connectivity index is 2.95. The Labute approximate surface area is 110 Å². The van der Waals surface area contributed by atoms with Crippen LogP contribution in [0.4, 0.5) is 4.39 Å². The van der Waals surface area contributed by atoms with Crippen LogP contribution in [0.3, 0.4) is 0 Å². The number of amides is 1. The number of sulfonamides is 1. The minimum atomic E-state index is -4.06. The van der Waals surface area contributed by atoms with Gasteiger partial charge in [0.2, 0.25) is 10.0 Å². The van der Waals surface area contributed by atoms with Gasteiger partial charge in [0.25, 0.3) is 5.91 Å². The summed E-state index contributed by atoms with van der Waals surface area (Å²) in [5.41, 5.74) is -0.118. The van der Waals surface area contributed by atoms with Crippen molar-refractivity contribution in [2.75, 3.05) is 13.7 Å². The molecule has 1 atom stereocenters. The summed E-state index contributed by atoms with van der Waals surface area (Å²) in [6.45, 7) is 1.96. The van der Waals surface area contributed by atoms with Crippen LogP contribution in [-0.2, 0) is 14.8 Å². The van der Waals surface area contributed by atoms with Gasteiger partial charge in [0, 0.05) is 19.2 Å². The molecule has 0 fully saturated rings. The molecule has 0 saturated heterocycles. The third-order valence-electron chi connectivity index (χ3n) is 2.41. The number of hydrogen-bond acceptors (Lipinski definition) is 4. The molecule has 0 aromatic heterocycles. The molecule has 6 nitrogen and oxygen atoms in total. The normalized spacial score (nSPS) is 13.1. The average Bonchev–Trinajstić information content (AvgIpc) is 2.33. The van der Waals surface area contributed by atoms with E-state index in [1.807, 2.05) is 0 Å². The van der Waals surface area contributed by atoms with Gasteiger partial charge < -0.3 is 10.1 Å². The first-order chi connectivity index (χ1) is 8.74. The van der Waals surface area contributed by atoms with Gasteiger partial charge in [0.1, 0.15) is 5.82 Å². The van der Waals surface area contributed by atoms with Crippen molar-refractivity contribution in [1.29, 1.82) is 0 Å². The molecule has 1 rings (SSSR count). The summed E-state index contributed by atoms with van der Waals surface area (Å²) in [6, 6.07) is 2.70. The van der Waals surface area contributed by atoms with E-state index in [4.69, 9.17) is 9.88 Å². The maximum Gasteiger partial charge on any atom is 0.251 e.